The average molecular weight is 391 g/mol. The lowest BCUT2D eigenvalue weighted by Gasteiger charge is -2.21. The first-order chi connectivity index (χ1) is 14.7. The van der Waals surface area contributed by atoms with E-state index in [1.165, 1.54) is 43.1 Å². The zero-order chi connectivity index (χ0) is 20.8. The standard InChI is InChI=1S/C30H30/c1-5-25-26(6-2)28(8-4)30-18-24-16-22-14-20-12-10-9-11-19(20)13-21(22)15-23(24)17-29(30)27(25)7-3/h9-18H,5-8H2,1-4H3. The van der Waals surface area contributed by atoms with Crippen LogP contribution in [-0.4, -0.2) is 0 Å². The van der Waals surface area contributed by atoms with Crippen LogP contribution in [-0.2, 0) is 25.7 Å². The van der Waals surface area contributed by atoms with E-state index in [1.807, 2.05) is 0 Å². The number of rotatable bonds is 4. The predicted octanol–water partition coefficient (Wildman–Crippen LogP) is 8.55. The lowest BCUT2D eigenvalue weighted by molar-refractivity contribution is 0.961. The van der Waals surface area contributed by atoms with Crippen molar-refractivity contribution in [3.63, 3.8) is 0 Å². The molecule has 0 radical (unpaired) electrons. The van der Waals surface area contributed by atoms with E-state index >= 15 is 0 Å². The summed E-state index contributed by atoms with van der Waals surface area (Å²) < 4.78 is 0. The van der Waals surface area contributed by atoms with Crippen LogP contribution in [0.3, 0.4) is 0 Å². The first-order valence-corrected chi connectivity index (χ1v) is 11.5. The average Bonchev–Trinajstić information content (AvgIpc) is 2.78. The van der Waals surface area contributed by atoms with E-state index < -0.39 is 0 Å². The van der Waals surface area contributed by atoms with Gasteiger partial charge in [0.1, 0.15) is 0 Å². The molecule has 0 aliphatic heterocycles. The maximum atomic E-state index is 2.47. The third-order valence-corrected chi connectivity index (χ3v) is 6.95. The molecule has 0 N–H and O–H groups in total. The molecule has 0 spiro atoms. The Balaban J connectivity index is 1.91. The van der Waals surface area contributed by atoms with Gasteiger partial charge < -0.3 is 0 Å². The van der Waals surface area contributed by atoms with Gasteiger partial charge in [0.05, 0.1) is 0 Å². The summed E-state index contributed by atoms with van der Waals surface area (Å²) in [7, 11) is 0. The second-order valence-corrected chi connectivity index (χ2v) is 8.47. The number of aryl methyl sites for hydroxylation is 2. The molecule has 0 aliphatic carbocycles. The van der Waals surface area contributed by atoms with Crippen LogP contribution < -0.4 is 0 Å². The number of benzene rings is 5. The van der Waals surface area contributed by atoms with E-state index in [2.05, 4.69) is 88.4 Å². The molecular weight excluding hydrogens is 360 g/mol. The summed E-state index contributed by atoms with van der Waals surface area (Å²) in [5, 5.41) is 10.9. The van der Waals surface area contributed by atoms with E-state index in [1.54, 1.807) is 22.3 Å². The molecule has 0 heterocycles. The predicted molar refractivity (Wildman–Crippen MR) is 134 cm³/mol. The van der Waals surface area contributed by atoms with Gasteiger partial charge in [-0.05, 0) is 127 Å². The normalized spacial score (nSPS) is 11.9. The third-order valence-electron chi connectivity index (χ3n) is 6.95. The summed E-state index contributed by atoms with van der Waals surface area (Å²) in [4.78, 5) is 0. The van der Waals surface area contributed by atoms with Crippen molar-refractivity contribution in [2.75, 3.05) is 0 Å². The molecule has 0 nitrogen and oxygen atoms in total. The molecule has 0 atom stereocenters. The van der Waals surface area contributed by atoms with Gasteiger partial charge in [0.25, 0.3) is 0 Å². The Labute approximate surface area is 179 Å². The van der Waals surface area contributed by atoms with Gasteiger partial charge in [-0.25, -0.2) is 0 Å². The zero-order valence-corrected chi connectivity index (χ0v) is 18.6. The molecule has 5 aromatic rings. The Bertz CT molecular complexity index is 1310. The Hall–Kier alpha value is -2.86. The molecule has 5 rings (SSSR count). The van der Waals surface area contributed by atoms with Crippen molar-refractivity contribution in [1.82, 2.24) is 0 Å². The van der Waals surface area contributed by atoms with Gasteiger partial charge >= 0.3 is 0 Å². The molecule has 0 aliphatic rings. The molecule has 5 aromatic carbocycles. The minimum atomic E-state index is 1.10. The molecule has 0 fully saturated rings. The van der Waals surface area contributed by atoms with E-state index in [0.717, 1.165) is 25.7 Å². The molecule has 0 heteroatoms. The van der Waals surface area contributed by atoms with Crippen molar-refractivity contribution in [2.45, 2.75) is 53.4 Å². The smallest absolute Gasteiger partial charge is 0.0140 e. The van der Waals surface area contributed by atoms with Crippen molar-refractivity contribution in [1.29, 1.82) is 0 Å². The maximum Gasteiger partial charge on any atom is -0.0140 e. The largest absolute Gasteiger partial charge is 0.0616 e. The van der Waals surface area contributed by atoms with Gasteiger partial charge in [-0.1, -0.05) is 52.0 Å². The van der Waals surface area contributed by atoms with Crippen LogP contribution in [0.2, 0.25) is 0 Å². The van der Waals surface area contributed by atoms with Gasteiger partial charge in [0.15, 0.2) is 0 Å². The first kappa shape index (κ1) is 19.1. The number of hydrogen-bond acceptors (Lipinski definition) is 0. The lowest BCUT2D eigenvalue weighted by atomic mass is 9.83. The zero-order valence-electron chi connectivity index (χ0n) is 18.6. The molecular formula is C30H30. The van der Waals surface area contributed by atoms with Gasteiger partial charge in [-0.3, -0.25) is 0 Å². The molecule has 0 saturated carbocycles. The van der Waals surface area contributed by atoms with Crippen molar-refractivity contribution in [2.24, 2.45) is 0 Å². The van der Waals surface area contributed by atoms with E-state index in [0.29, 0.717) is 0 Å². The quantitative estimate of drug-likeness (QED) is 0.270. The molecule has 30 heavy (non-hydrogen) atoms. The highest BCUT2D eigenvalue weighted by Crippen LogP contribution is 2.37. The van der Waals surface area contributed by atoms with Crippen LogP contribution in [0.5, 0.6) is 0 Å². The maximum absolute atomic E-state index is 2.47. The van der Waals surface area contributed by atoms with Gasteiger partial charge in [-0.15, -0.1) is 0 Å². The molecule has 0 bridgehead atoms. The third kappa shape index (κ3) is 2.82. The fourth-order valence-corrected chi connectivity index (χ4v) is 5.59. The summed E-state index contributed by atoms with van der Waals surface area (Å²) in [6, 6.07) is 23.1. The molecule has 0 amide bonds. The molecule has 0 saturated heterocycles. The summed E-state index contributed by atoms with van der Waals surface area (Å²) in [5.74, 6) is 0. The lowest BCUT2D eigenvalue weighted by Crippen LogP contribution is -2.04. The summed E-state index contributed by atoms with van der Waals surface area (Å²) >= 11 is 0. The Kier molecular flexibility index (Phi) is 4.74. The van der Waals surface area contributed by atoms with Gasteiger partial charge in [0, 0.05) is 0 Å². The topological polar surface area (TPSA) is 0 Å². The monoisotopic (exact) mass is 390 g/mol. The Morgan fingerprint density at radius 2 is 0.733 bits per heavy atom. The van der Waals surface area contributed by atoms with Crippen molar-refractivity contribution in [3.05, 3.63) is 82.9 Å². The highest BCUT2D eigenvalue weighted by atomic mass is 14.2. The Morgan fingerprint density at radius 1 is 0.400 bits per heavy atom. The second-order valence-electron chi connectivity index (χ2n) is 8.47. The fraction of sp³-hybridized carbons (Fsp3) is 0.267. The first-order valence-electron chi connectivity index (χ1n) is 11.5. The van der Waals surface area contributed by atoms with Crippen molar-refractivity contribution in [3.8, 4) is 0 Å². The van der Waals surface area contributed by atoms with Gasteiger partial charge in [-0.2, -0.15) is 0 Å². The summed E-state index contributed by atoms with van der Waals surface area (Å²) in [6.45, 7) is 9.27. The van der Waals surface area contributed by atoms with Crippen LogP contribution in [0, 0.1) is 0 Å². The minimum absolute atomic E-state index is 1.10. The van der Waals surface area contributed by atoms with Crippen LogP contribution >= 0.6 is 0 Å². The van der Waals surface area contributed by atoms with E-state index in [4.69, 9.17) is 0 Å². The number of fused-ring (bicyclic) bond motifs is 4. The summed E-state index contributed by atoms with van der Waals surface area (Å²) in [6.07, 6.45) is 4.44. The van der Waals surface area contributed by atoms with Crippen LogP contribution in [0.1, 0.15) is 49.9 Å². The minimum Gasteiger partial charge on any atom is -0.0616 e. The van der Waals surface area contributed by atoms with Crippen LogP contribution in [0.25, 0.3) is 43.1 Å². The second kappa shape index (κ2) is 7.43. The summed E-state index contributed by atoms with van der Waals surface area (Å²) in [5.41, 5.74) is 6.30. The van der Waals surface area contributed by atoms with E-state index in [9.17, 15) is 0 Å². The fourth-order valence-electron chi connectivity index (χ4n) is 5.59. The van der Waals surface area contributed by atoms with Gasteiger partial charge in [0.2, 0.25) is 0 Å². The highest BCUT2D eigenvalue weighted by molar-refractivity contribution is 6.09. The van der Waals surface area contributed by atoms with Crippen LogP contribution in [0.15, 0.2) is 60.7 Å². The molecule has 0 unspecified atom stereocenters. The molecule has 150 valence electrons. The van der Waals surface area contributed by atoms with Crippen molar-refractivity contribution >= 4 is 43.1 Å². The molecule has 0 aromatic heterocycles. The van der Waals surface area contributed by atoms with E-state index in [-0.39, 0.29) is 0 Å². The van der Waals surface area contributed by atoms with Crippen LogP contribution in [0.4, 0.5) is 0 Å². The van der Waals surface area contributed by atoms with Crippen molar-refractivity contribution < 1.29 is 0 Å². The Morgan fingerprint density at radius 3 is 1.10 bits per heavy atom. The number of hydrogen-bond donors (Lipinski definition) is 0. The SMILES string of the molecule is CCc1c(CC)c(CC)c2cc3cc4cc5ccccc5cc4cc3cc2c1CC. The highest BCUT2D eigenvalue weighted by Gasteiger charge is 2.16.